The van der Waals surface area contributed by atoms with Crippen molar-refractivity contribution in [3.05, 3.63) is 24.3 Å². The molecule has 2 heterocycles. The zero-order valence-corrected chi connectivity index (χ0v) is 16.6. The number of benzene rings is 1. The van der Waals surface area contributed by atoms with E-state index in [1.54, 1.807) is 0 Å². The number of alkyl halides is 3. The lowest BCUT2D eigenvalue weighted by Crippen LogP contribution is -2.38. The highest BCUT2D eigenvalue weighted by Gasteiger charge is 2.32. The average molecular weight is 435 g/mol. The van der Waals surface area contributed by atoms with E-state index in [4.69, 9.17) is 4.84 Å². The summed E-state index contributed by atoms with van der Waals surface area (Å²) in [6.07, 6.45) is -1.68. The van der Waals surface area contributed by atoms with Gasteiger partial charge in [0.25, 0.3) is 0 Å². The van der Waals surface area contributed by atoms with Gasteiger partial charge in [0.2, 0.25) is 10.0 Å². The number of halogens is 3. The first-order valence-electron chi connectivity index (χ1n) is 9.48. The Labute approximate surface area is 167 Å². The monoisotopic (exact) mass is 435 g/mol. The molecule has 1 N–H and O–H groups in total. The lowest BCUT2D eigenvalue weighted by molar-refractivity contribution is -0.274. The molecule has 29 heavy (non-hydrogen) atoms. The maximum atomic E-state index is 12.7. The first kappa shape index (κ1) is 21.8. The van der Waals surface area contributed by atoms with Gasteiger partial charge in [-0.3, -0.25) is 0 Å². The van der Waals surface area contributed by atoms with Crippen LogP contribution >= 0.6 is 0 Å². The molecule has 2 fully saturated rings. The van der Waals surface area contributed by atoms with Gasteiger partial charge in [0, 0.05) is 38.4 Å². The van der Waals surface area contributed by atoms with E-state index in [-0.39, 0.29) is 18.0 Å². The second kappa shape index (κ2) is 9.31. The molecule has 3 rings (SSSR count). The van der Waals surface area contributed by atoms with Gasteiger partial charge in [0.05, 0.1) is 10.6 Å². The Morgan fingerprint density at radius 1 is 1.17 bits per heavy atom. The molecule has 0 aliphatic carbocycles. The van der Waals surface area contributed by atoms with E-state index >= 15 is 0 Å². The van der Waals surface area contributed by atoms with E-state index in [0.717, 1.165) is 55.9 Å². The molecule has 1 aromatic rings. The van der Waals surface area contributed by atoms with E-state index in [0.29, 0.717) is 25.4 Å². The molecule has 0 amide bonds. The summed E-state index contributed by atoms with van der Waals surface area (Å²) in [7, 11) is -3.79. The number of piperidine rings is 2. The van der Waals surface area contributed by atoms with Gasteiger partial charge in [0.1, 0.15) is 12.4 Å². The highest BCUT2D eigenvalue weighted by molar-refractivity contribution is 7.89. The number of nitrogens with zero attached hydrogens (tertiary/aromatic N) is 2. The van der Waals surface area contributed by atoms with Crippen molar-refractivity contribution in [3.8, 4) is 5.75 Å². The summed E-state index contributed by atoms with van der Waals surface area (Å²) in [5, 5.41) is 7.47. The molecule has 2 aliphatic rings. The molecule has 1 aromatic carbocycles. The van der Waals surface area contributed by atoms with Gasteiger partial charge in [-0.2, -0.15) is 4.31 Å². The zero-order valence-electron chi connectivity index (χ0n) is 15.8. The predicted molar refractivity (Wildman–Crippen MR) is 100 cm³/mol. The molecule has 0 aromatic heterocycles. The number of hydrogen-bond donors (Lipinski definition) is 1. The van der Waals surface area contributed by atoms with E-state index in [1.165, 1.54) is 4.31 Å². The number of rotatable bonds is 6. The summed E-state index contributed by atoms with van der Waals surface area (Å²) in [6, 6.07) is 4.21. The Bertz CT molecular complexity index is 797. The van der Waals surface area contributed by atoms with Gasteiger partial charge in [-0.1, -0.05) is 5.16 Å². The van der Waals surface area contributed by atoms with Crippen molar-refractivity contribution < 1.29 is 31.2 Å². The topological polar surface area (TPSA) is 80.2 Å². The summed E-state index contributed by atoms with van der Waals surface area (Å²) in [5.74, 6) is -0.0207. The highest BCUT2D eigenvalue weighted by atomic mass is 32.2. The number of nitrogens with one attached hydrogen (secondary N) is 1. The molecule has 162 valence electrons. The molecule has 2 saturated heterocycles. The van der Waals surface area contributed by atoms with Crippen molar-refractivity contribution in [2.75, 3.05) is 32.8 Å². The van der Waals surface area contributed by atoms with E-state index in [9.17, 15) is 21.6 Å². The molecule has 0 radical (unpaired) electrons. The second-order valence-corrected chi connectivity index (χ2v) is 9.03. The maximum Gasteiger partial charge on any atom is 0.573 e. The summed E-state index contributed by atoms with van der Waals surface area (Å²) < 4.78 is 67.1. The van der Waals surface area contributed by atoms with Crippen molar-refractivity contribution in [1.82, 2.24) is 9.62 Å². The van der Waals surface area contributed by atoms with Crippen LogP contribution in [-0.2, 0) is 14.9 Å². The normalized spacial score (nSPS) is 21.6. The van der Waals surface area contributed by atoms with Crippen LogP contribution < -0.4 is 10.1 Å². The minimum atomic E-state index is -4.82. The third kappa shape index (κ3) is 6.31. The Kier molecular flexibility index (Phi) is 7.01. The van der Waals surface area contributed by atoms with Crippen LogP contribution in [-0.4, -0.2) is 57.6 Å². The fourth-order valence-electron chi connectivity index (χ4n) is 3.34. The third-order valence-electron chi connectivity index (χ3n) is 4.90. The lowest BCUT2D eigenvalue weighted by Gasteiger charge is -2.27. The summed E-state index contributed by atoms with van der Waals surface area (Å²) in [6.45, 7) is 2.99. The first-order valence-corrected chi connectivity index (χ1v) is 10.9. The molecule has 1 atom stereocenters. The van der Waals surface area contributed by atoms with E-state index < -0.39 is 22.1 Å². The SMILES string of the molecule is O=S(=O)(c1ccc(OC(F)(F)F)cc1)N1CCC(=NOCC2CCCNC2)CC1. The van der Waals surface area contributed by atoms with Crippen molar-refractivity contribution in [2.24, 2.45) is 11.1 Å². The van der Waals surface area contributed by atoms with E-state index in [2.05, 4.69) is 15.2 Å². The van der Waals surface area contributed by atoms with Gasteiger partial charge in [-0.15, -0.1) is 13.2 Å². The minimum absolute atomic E-state index is 0.0755. The predicted octanol–water partition coefficient (Wildman–Crippen LogP) is 2.74. The fraction of sp³-hybridized carbons (Fsp3) is 0.611. The third-order valence-corrected chi connectivity index (χ3v) is 6.81. The average Bonchev–Trinajstić information content (AvgIpc) is 2.68. The first-order chi connectivity index (χ1) is 13.7. The summed E-state index contributed by atoms with van der Waals surface area (Å²) in [5.41, 5.74) is 0.814. The van der Waals surface area contributed by atoms with Crippen LogP contribution in [0.4, 0.5) is 13.2 Å². The quantitative estimate of drug-likeness (QED) is 0.695. The van der Waals surface area contributed by atoms with Crippen LogP contribution in [0, 0.1) is 5.92 Å². The van der Waals surface area contributed by atoms with Gasteiger partial charge >= 0.3 is 6.36 Å². The molecule has 7 nitrogen and oxygen atoms in total. The van der Waals surface area contributed by atoms with Gasteiger partial charge < -0.3 is 14.9 Å². The van der Waals surface area contributed by atoms with Gasteiger partial charge in [-0.25, -0.2) is 8.42 Å². The van der Waals surface area contributed by atoms with Gasteiger partial charge in [-0.05, 0) is 43.7 Å². The second-order valence-electron chi connectivity index (χ2n) is 7.09. The van der Waals surface area contributed by atoms with Crippen LogP contribution in [0.5, 0.6) is 5.75 Å². The van der Waals surface area contributed by atoms with Crippen LogP contribution in [0.25, 0.3) is 0 Å². The number of oxime groups is 1. The van der Waals surface area contributed by atoms with Crippen molar-refractivity contribution in [3.63, 3.8) is 0 Å². The highest BCUT2D eigenvalue weighted by Crippen LogP contribution is 2.26. The van der Waals surface area contributed by atoms with Crippen LogP contribution in [0.2, 0.25) is 0 Å². The van der Waals surface area contributed by atoms with Crippen LogP contribution in [0.3, 0.4) is 0 Å². The molecule has 1 unspecified atom stereocenters. The number of hydrogen-bond acceptors (Lipinski definition) is 6. The standard InChI is InChI=1S/C18H24F3N3O4S/c19-18(20,21)28-16-3-5-17(6-4-16)29(25,26)24-10-7-15(8-11-24)23-27-13-14-2-1-9-22-12-14/h3-6,14,22H,1-2,7-13H2. The van der Waals surface area contributed by atoms with Crippen molar-refractivity contribution in [1.29, 1.82) is 0 Å². The Morgan fingerprint density at radius 3 is 2.45 bits per heavy atom. The molecular weight excluding hydrogens is 411 g/mol. The molecule has 0 spiro atoms. The zero-order chi connectivity index (χ0) is 20.9. The Balaban J connectivity index is 1.51. The van der Waals surface area contributed by atoms with E-state index in [1.807, 2.05) is 0 Å². The van der Waals surface area contributed by atoms with Crippen LogP contribution in [0.15, 0.2) is 34.3 Å². The summed E-state index contributed by atoms with van der Waals surface area (Å²) >= 11 is 0. The summed E-state index contributed by atoms with van der Waals surface area (Å²) in [4.78, 5) is 5.37. The molecule has 0 bridgehead atoms. The van der Waals surface area contributed by atoms with Crippen molar-refractivity contribution >= 4 is 15.7 Å². The van der Waals surface area contributed by atoms with Crippen molar-refractivity contribution in [2.45, 2.75) is 36.9 Å². The fourth-order valence-corrected chi connectivity index (χ4v) is 4.78. The maximum absolute atomic E-state index is 12.7. The lowest BCUT2D eigenvalue weighted by atomic mass is 10.0. The number of sulfonamides is 1. The molecular formula is C18H24F3N3O4S. The molecule has 0 saturated carbocycles. The number of ether oxygens (including phenoxy) is 1. The Morgan fingerprint density at radius 2 is 1.86 bits per heavy atom. The Hall–Kier alpha value is -1.85. The molecule has 2 aliphatic heterocycles. The van der Waals surface area contributed by atoms with Gasteiger partial charge in [0.15, 0.2) is 0 Å². The molecule has 11 heteroatoms. The smallest absolute Gasteiger partial charge is 0.406 e. The van der Waals surface area contributed by atoms with Crippen LogP contribution in [0.1, 0.15) is 25.7 Å². The largest absolute Gasteiger partial charge is 0.573 e. The minimum Gasteiger partial charge on any atom is -0.406 e.